The largest absolute Gasteiger partial charge is 0.480 e. The summed E-state index contributed by atoms with van der Waals surface area (Å²) in [6, 6.07) is -3.17. The molecule has 0 aromatic carbocycles. The number of hydrogen-bond acceptors (Lipinski definition) is 38. The van der Waals surface area contributed by atoms with Crippen LogP contribution in [-0.2, 0) is 89.4 Å². The van der Waals surface area contributed by atoms with Gasteiger partial charge in [-0.2, -0.15) is 0 Å². The molecule has 1 unspecified atom stereocenters. The Morgan fingerprint density at radius 1 is 0.409 bits per heavy atom. The number of carboxylic acid groups (broad SMARTS) is 1. The van der Waals surface area contributed by atoms with E-state index in [9.17, 15) is 117 Å². The average molecular weight is 1360 g/mol. The van der Waals surface area contributed by atoms with Crippen LogP contribution in [0.3, 0.4) is 0 Å². The number of nitrogens with one attached hydrogen (secondary N) is 2. The number of rotatable bonds is 15. The minimum atomic E-state index is -2.28. The zero-order chi connectivity index (χ0) is 67.6. The van der Waals surface area contributed by atoms with Crippen LogP contribution < -0.4 is 10.6 Å². The van der Waals surface area contributed by atoms with E-state index in [2.05, 4.69) is 15.6 Å². The standard InChI is InChI=1S/C52H84N4O37/c1-56-13-53-5-14(56)4-15(45(78)79)55-23(64)2-3-54-24-25(65)46-80-16(6-57)38(24)87-47-32(72)26(66)40(18(8-59)81-47)89-49-34(74)28(68)42(20(10-61)83-49)91-51-36(76)30(70)44(22(12-63)85-51)93-52-37(77)31(71)43(21(11-62)86-52)92-50-35(75)29(69)41(19(9-60)84-50)90-48-33(73)27(67)39(88-46)17(7-58)82-48/h5,13,15-22,24-44,46-52,54,57-63,65-77H,2-4,6-12H2,1H3,(H,55,64)(H,78,79)/t15?,16-,17-,18-,19-,20-,21-,22-,24-,25-,26-,27-,28-,29-,30-,31-,32-,33-,34-,35-,36-,37-,38-,39-,40-,41-,42-,43-,44-,46-,47-,48-,49-,50-,51-,52-/m1/s1. The molecule has 21 saturated heterocycles. The lowest BCUT2D eigenvalue weighted by molar-refractivity contribution is -0.396. The highest BCUT2D eigenvalue weighted by atomic mass is 16.8. The van der Waals surface area contributed by atoms with Crippen molar-refractivity contribution in [3.05, 3.63) is 18.2 Å². The first-order valence-electron chi connectivity index (χ1n) is 29.8. The van der Waals surface area contributed by atoms with E-state index in [1.54, 1.807) is 7.05 Å². The SMILES string of the molecule is Cn1cncc1CC(NC(=O)CCN[C@@H]1[C@@H](O)[C@H]2O[C@H]3[C@H](O)[C@@H](O)[C@@H](O[C@H]4[C@H](O)[C@@H](O)[C@@H](O[C@H]5[C@H](O)[C@@H](O)[C@@H](O[C@H]6[C@H](O)[C@@H](O)[C@@H](O[C@H]7[C@H](O)[C@@H](O)[C@@H](O[C@H]8[C@H](O)[C@@H](O)[C@@H](O[C@@H]1[C@@H](CO)O2)O[C@@H]8CO)O[C@@H]7CO)O[C@@H]6CO)O[C@@H]5CO)O[C@@H]4CO)O[C@@H]3CO)C(=O)O. The number of aryl methyl sites for hydroxylation is 1. The Morgan fingerprint density at radius 3 is 0.914 bits per heavy atom. The molecule has 0 spiro atoms. The smallest absolute Gasteiger partial charge is 0.326 e. The van der Waals surface area contributed by atoms with Crippen molar-refractivity contribution in [2.75, 3.05) is 52.8 Å². The fourth-order valence-electron chi connectivity index (χ4n) is 12.3. The third kappa shape index (κ3) is 15.6. The van der Waals surface area contributed by atoms with E-state index in [1.165, 1.54) is 17.1 Å². The van der Waals surface area contributed by atoms with Crippen molar-refractivity contribution < 1.29 is 183 Å². The van der Waals surface area contributed by atoms with Gasteiger partial charge in [-0.25, -0.2) is 9.78 Å². The molecule has 14 bridgehead atoms. The summed E-state index contributed by atoms with van der Waals surface area (Å²) in [6.07, 6.45) is -67.4. The number of aromatic nitrogens is 2. The van der Waals surface area contributed by atoms with Crippen LogP contribution in [0.1, 0.15) is 12.1 Å². The molecule has 1 aromatic rings. The van der Waals surface area contributed by atoms with Crippen molar-refractivity contribution in [3.8, 4) is 0 Å². The molecule has 0 saturated carbocycles. The predicted molar refractivity (Wildman–Crippen MR) is 285 cm³/mol. The van der Waals surface area contributed by atoms with E-state index in [4.69, 9.17) is 66.3 Å². The molecule has 22 heterocycles. The minimum Gasteiger partial charge on any atom is -0.480 e. The first kappa shape index (κ1) is 74.0. The summed E-state index contributed by atoms with van der Waals surface area (Å²) >= 11 is 0. The van der Waals surface area contributed by atoms with Crippen LogP contribution in [0.25, 0.3) is 0 Å². The third-order valence-electron chi connectivity index (χ3n) is 17.5. The monoisotopic (exact) mass is 1360 g/mol. The quantitative estimate of drug-likeness (QED) is 0.0775. The maximum absolute atomic E-state index is 13.4. The molecule has 1 aromatic heterocycles. The second kappa shape index (κ2) is 32.2. The van der Waals surface area contributed by atoms with Gasteiger partial charge in [-0.1, -0.05) is 0 Å². The molecule has 21 aliphatic heterocycles. The van der Waals surface area contributed by atoms with E-state index < -0.39 is 292 Å². The van der Waals surface area contributed by atoms with Gasteiger partial charge in [0.1, 0.15) is 171 Å². The molecule has 23 N–H and O–H groups in total. The summed E-state index contributed by atoms with van der Waals surface area (Å²) in [5.74, 6) is -2.27. The summed E-state index contributed by atoms with van der Waals surface area (Å²) in [5.41, 5.74) is 0.440. The van der Waals surface area contributed by atoms with E-state index in [0.29, 0.717) is 5.69 Å². The molecular weight excluding hydrogens is 1270 g/mol. The van der Waals surface area contributed by atoms with Crippen molar-refractivity contribution in [2.45, 2.75) is 234 Å². The number of amides is 1. The Morgan fingerprint density at radius 2 is 0.667 bits per heavy atom. The number of imidazole rings is 1. The minimum absolute atomic E-state index is 0.198. The Labute approximate surface area is 526 Å². The van der Waals surface area contributed by atoms with Crippen LogP contribution in [-0.4, -0.2) is 402 Å². The molecule has 21 fully saturated rings. The van der Waals surface area contributed by atoms with Crippen LogP contribution in [0.4, 0.5) is 0 Å². The van der Waals surface area contributed by atoms with Crippen molar-refractivity contribution in [3.63, 3.8) is 0 Å². The topological polar surface area (TPSA) is 630 Å². The summed E-state index contributed by atoms with van der Waals surface area (Å²) < 4.78 is 82.9. The first-order valence-corrected chi connectivity index (χ1v) is 29.8. The number of aliphatic hydroxyl groups is 20. The van der Waals surface area contributed by atoms with E-state index >= 15 is 0 Å². The van der Waals surface area contributed by atoms with Gasteiger partial charge in [-0.15, -0.1) is 0 Å². The molecule has 41 heteroatoms. The van der Waals surface area contributed by atoms with Gasteiger partial charge in [0, 0.05) is 38.3 Å². The number of carbonyl (C=O) groups excluding carboxylic acids is 1. The summed E-state index contributed by atoms with van der Waals surface area (Å²) in [7, 11) is 1.60. The second-order valence-electron chi connectivity index (χ2n) is 23.5. The molecule has 22 rings (SSSR count). The molecule has 1 amide bonds. The van der Waals surface area contributed by atoms with Crippen LogP contribution in [0.15, 0.2) is 12.5 Å². The number of aliphatic hydroxyl groups excluding tert-OH is 20. The van der Waals surface area contributed by atoms with Gasteiger partial charge in [0.15, 0.2) is 44.0 Å². The van der Waals surface area contributed by atoms with Crippen LogP contribution in [0, 0.1) is 0 Å². The Kier molecular flexibility index (Phi) is 25.6. The van der Waals surface area contributed by atoms with Gasteiger partial charge < -0.3 is 189 Å². The number of hydrogen-bond donors (Lipinski definition) is 23. The molecule has 534 valence electrons. The maximum atomic E-state index is 13.4. The van der Waals surface area contributed by atoms with Crippen molar-refractivity contribution >= 4 is 11.9 Å². The predicted octanol–water partition coefficient (Wildman–Crippen LogP) is -15.7. The molecule has 36 atom stereocenters. The number of carbonyl (C=O) groups is 2. The fourth-order valence-corrected chi connectivity index (χ4v) is 12.3. The van der Waals surface area contributed by atoms with Crippen LogP contribution in [0.2, 0.25) is 0 Å². The Balaban J connectivity index is 1.01. The van der Waals surface area contributed by atoms with Crippen molar-refractivity contribution in [2.24, 2.45) is 7.05 Å². The van der Waals surface area contributed by atoms with E-state index in [-0.39, 0.29) is 6.42 Å². The van der Waals surface area contributed by atoms with Crippen LogP contribution >= 0.6 is 0 Å². The molecule has 21 aliphatic rings. The number of carboxylic acids is 1. The lowest BCUT2D eigenvalue weighted by Gasteiger charge is -2.50. The second-order valence-corrected chi connectivity index (χ2v) is 23.5. The van der Waals surface area contributed by atoms with Crippen molar-refractivity contribution in [1.29, 1.82) is 0 Å². The molecular formula is C52H84N4O37. The van der Waals surface area contributed by atoms with E-state index in [1.807, 2.05) is 0 Å². The number of ether oxygens (including phenoxy) is 14. The molecule has 41 nitrogen and oxygen atoms in total. The highest BCUT2D eigenvalue weighted by molar-refractivity contribution is 5.83. The van der Waals surface area contributed by atoms with Crippen LogP contribution in [0.5, 0.6) is 0 Å². The average Bonchev–Trinajstić information content (AvgIpc) is 0.831. The first-order chi connectivity index (χ1) is 44.3. The number of aliphatic carboxylic acids is 1. The lowest BCUT2D eigenvalue weighted by Crippen LogP contribution is -2.70. The zero-order valence-electron chi connectivity index (χ0n) is 49.3. The van der Waals surface area contributed by atoms with Gasteiger partial charge in [-0.05, 0) is 0 Å². The summed E-state index contributed by atoms with van der Waals surface area (Å²) in [5, 5.41) is 239. The highest BCUT2D eigenvalue weighted by Gasteiger charge is 2.60. The van der Waals surface area contributed by atoms with Gasteiger partial charge in [0.05, 0.1) is 58.6 Å². The van der Waals surface area contributed by atoms with Gasteiger partial charge in [-0.3, -0.25) is 4.79 Å². The fraction of sp³-hybridized carbons (Fsp3) is 0.904. The Bertz CT molecular complexity index is 2500. The summed E-state index contributed by atoms with van der Waals surface area (Å²) in [4.78, 5) is 29.6. The van der Waals surface area contributed by atoms with Gasteiger partial charge >= 0.3 is 5.97 Å². The number of nitrogens with zero attached hydrogens (tertiary/aromatic N) is 2. The van der Waals surface area contributed by atoms with Gasteiger partial charge in [0.2, 0.25) is 5.91 Å². The van der Waals surface area contributed by atoms with Crippen molar-refractivity contribution in [1.82, 2.24) is 20.2 Å². The zero-order valence-corrected chi connectivity index (χ0v) is 49.3. The highest BCUT2D eigenvalue weighted by Crippen LogP contribution is 2.39. The molecule has 0 aliphatic carbocycles. The lowest BCUT2D eigenvalue weighted by atomic mass is 9.93. The van der Waals surface area contributed by atoms with E-state index in [0.717, 1.165) is 0 Å². The maximum Gasteiger partial charge on any atom is 0.326 e. The third-order valence-corrected chi connectivity index (χ3v) is 17.5. The van der Waals surface area contributed by atoms with Gasteiger partial charge in [0.25, 0.3) is 0 Å². The molecule has 0 radical (unpaired) electrons. The normalized spacial score (nSPS) is 48.1. The Hall–Kier alpha value is -3.25. The molecule has 93 heavy (non-hydrogen) atoms. The summed E-state index contributed by atoms with van der Waals surface area (Å²) in [6.45, 7) is -8.05.